The zero-order valence-corrected chi connectivity index (χ0v) is 7.93. The Kier molecular flexibility index (Phi) is 4.00. The predicted octanol–water partition coefficient (Wildman–Crippen LogP) is 1.32. The average Bonchev–Trinajstić information content (AvgIpc) is 2.57. The number of carbonyl (C=O) groups is 1. The minimum atomic E-state index is -0.0160. The number of nitrogens with zero attached hydrogens (tertiary/aromatic N) is 1. The molecule has 1 aromatic rings. The summed E-state index contributed by atoms with van der Waals surface area (Å²) in [5.41, 5.74) is 0. The van der Waals surface area contributed by atoms with Crippen LogP contribution in [0.2, 0.25) is 0 Å². The highest BCUT2D eigenvalue weighted by molar-refractivity contribution is 7.10. The Morgan fingerprint density at radius 1 is 1.69 bits per heavy atom. The lowest BCUT2D eigenvalue weighted by Crippen LogP contribution is -2.25. The lowest BCUT2D eigenvalue weighted by molar-refractivity contribution is -0.120. The number of nitriles is 1. The van der Waals surface area contributed by atoms with Crippen molar-refractivity contribution in [2.24, 2.45) is 0 Å². The molecular weight excluding hydrogens is 184 g/mol. The largest absolute Gasteiger partial charge is 0.355 e. The van der Waals surface area contributed by atoms with Gasteiger partial charge < -0.3 is 5.32 Å². The molecular formula is C9H10N2OS. The summed E-state index contributed by atoms with van der Waals surface area (Å²) < 4.78 is 0. The molecule has 0 saturated carbocycles. The molecule has 13 heavy (non-hydrogen) atoms. The summed E-state index contributed by atoms with van der Waals surface area (Å²) in [4.78, 5) is 12.2. The Balaban J connectivity index is 2.23. The Hall–Kier alpha value is -1.34. The number of thiophene rings is 1. The van der Waals surface area contributed by atoms with Gasteiger partial charge in [0.15, 0.2) is 0 Å². The summed E-state index contributed by atoms with van der Waals surface area (Å²) in [6, 6.07) is 5.81. The molecule has 0 aliphatic rings. The highest BCUT2D eigenvalue weighted by atomic mass is 32.1. The van der Waals surface area contributed by atoms with Crippen molar-refractivity contribution >= 4 is 17.2 Å². The predicted molar refractivity (Wildman–Crippen MR) is 51.3 cm³/mol. The molecule has 0 aliphatic carbocycles. The van der Waals surface area contributed by atoms with E-state index >= 15 is 0 Å². The third-order valence-electron chi connectivity index (χ3n) is 1.47. The number of rotatable bonds is 4. The van der Waals surface area contributed by atoms with Gasteiger partial charge in [0.2, 0.25) is 5.91 Å². The number of hydrogen-bond acceptors (Lipinski definition) is 3. The van der Waals surface area contributed by atoms with Crippen molar-refractivity contribution in [1.29, 1.82) is 5.26 Å². The fourth-order valence-corrected chi connectivity index (χ4v) is 1.60. The maximum Gasteiger partial charge on any atom is 0.225 e. The van der Waals surface area contributed by atoms with Crippen LogP contribution in [0.1, 0.15) is 11.3 Å². The molecule has 4 heteroatoms. The van der Waals surface area contributed by atoms with Gasteiger partial charge in [0.25, 0.3) is 0 Å². The summed E-state index contributed by atoms with van der Waals surface area (Å²) in [5.74, 6) is -0.0160. The van der Waals surface area contributed by atoms with Crippen LogP contribution in [-0.4, -0.2) is 12.5 Å². The van der Waals surface area contributed by atoms with Gasteiger partial charge in [-0.25, -0.2) is 0 Å². The molecule has 0 saturated heterocycles. The summed E-state index contributed by atoms with van der Waals surface area (Å²) in [6.07, 6.45) is 0.791. The quantitative estimate of drug-likeness (QED) is 0.735. The SMILES string of the molecule is N#CCCNC(=O)Cc1cccs1. The number of carbonyl (C=O) groups excluding carboxylic acids is 1. The van der Waals surface area contributed by atoms with Crippen molar-refractivity contribution in [3.05, 3.63) is 22.4 Å². The first-order valence-electron chi connectivity index (χ1n) is 3.99. The fourth-order valence-electron chi connectivity index (χ4n) is 0.892. The molecule has 0 spiro atoms. The summed E-state index contributed by atoms with van der Waals surface area (Å²) in [5, 5.41) is 12.8. The summed E-state index contributed by atoms with van der Waals surface area (Å²) >= 11 is 1.56. The van der Waals surface area contributed by atoms with E-state index in [1.54, 1.807) is 11.3 Å². The van der Waals surface area contributed by atoms with Gasteiger partial charge >= 0.3 is 0 Å². The molecule has 1 heterocycles. The van der Waals surface area contributed by atoms with Crippen LogP contribution in [0.5, 0.6) is 0 Å². The van der Waals surface area contributed by atoms with E-state index in [0.29, 0.717) is 19.4 Å². The van der Waals surface area contributed by atoms with Gasteiger partial charge in [-0.2, -0.15) is 5.26 Å². The molecule has 0 aliphatic heterocycles. The normalized spacial score (nSPS) is 9.15. The second-order valence-corrected chi connectivity index (χ2v) is 3.55. The van der Waals surface area contributed by atoms with Crippen LogP contribution >= 0.6 is 11.3 Å². The fraction of sp³-hybridized carbons (Fsp3) is 0.333. The smallest absolute Gasteiger partial charge is 0.225 e. The maximum atomic E-state index is 11.2. The van der Waals surface area contributed by atoms with Crippen LogP contribution < -0.4 is 5.32 Å². The molecule has 3 nitrogen and oxygen atoms in total. The van der Waals surface area contributed by atoms with Crippen LogP contribution in [0.3, 0.4) is 0 Å². The lowest BCUT2D eigenvalue weighted by atomic mass is 10.3. The minimum Gasteiger partial charge on any atom is -0.355 e. The Bertz CT molecular complexity index is 300. The molecule has 0 fully saturated rings. The molecule has 0 unspecified atom stereocenters. The van der Waals surface area contributed by atoms with E-state index < -0.39 is 0 Å². The molecule has 1 N–H and O–H groups in total. The molecule has 0 bridgehead atoms. The van der Waals surface area contributed by atoms with E-state index in [2.05, 4.69) is 5.32 Å². The number of amides is 1. The molecule has 0 radical (unpaired) electrons. The average molecular weight is 194 g/mol. The molecule has 1 amide bonds. The van der Waals surface area contributed by atoms with Crippen LogP contribution in [0.4, 0.5) is 0 Å². The van der Waals surface area contributed by atoms with Crippen molar-refractivity contribution in [1.82, 2.24) is 5.32 Å². The van der Waals surface area contributed by atoms with E-state index in [9.17, 15) is 4.79 Å². The standard InChI is InChI=1S/C9H10N2OS/c10-4-2-5-11-9(12)7-8-3-1-6-13-8/h1,3,6H,2,5,7H2,(H,11,12). The second-order valence-electron chi connectivity index (χ2n) is 2.51. The van der Waals surface area contributed by atoms with Crippen LogP contribution in [0, 0.1) is 11.3 Å². The first-order chi connectivity index (χ1) is 6.33. The van der Waals surface area contributed by atoms with Gasteiger partial charge in [-0.3, -0.25) is 4.79 Å². The molecule has 68 valence electrons. The van der Waals surface area contributed by atoms with E-state index in [4.69, 9.17) is 5.26 Å². The highest BCUT2D eigenvalue weighted by Gasteiger charge is 2.02. The van der Waals surface area contributed by atoms with Gasteiger partial charge in [0.1, 0.15) is 0 Å². The van der Waals surface area contributed by atoms with Crippen molar-refractivity contribution in [3.8, 4) is 6.07 Å². The van der Waals surface area contributed by atoms with E-state index in [1.165, 1.54) is 0 Å². The van der Waals surface area contributed by atoms with Gasteiger partial charge in [0, 0.05) is 11.4 Å². The van der Waals surface area contributed by atoms with Gasteiger partial charge in [-0.1, -0.05) is 6.07 Å². The Morgan fingerprint density at radius 2 is 2.54 bits per heavy atom. The van der Waals surface area contributed by atoms with Crippen molar-refractivity contribution in [2.75, 3.05) is 6.54 Å². The second kappa shape index (κ2) is 5.33. The highest BCUT2D eigenvalue weighted by Crippen LogP contribution is 2.08. The first kappa shape index (κ1) is 9.75. The van der Waals surface area contributed by atoms with E-state index in [-0.39, 0.29) is 5.91 Å². The van der Waals surface area contributed by atoms with Crippen molar-refractivity contribution in [2.45, 2.75) is 12.8 Å². The lowest BCUT2D eigenvalue weighted by Gasteiger charge is -1.99. The number of nitrogens with one attached hydrogen (secondary N) is 1. The van der Waals surface area contributed by atoms with Crippen molar-refractivity contribution in [3.63, 3.8) is 0 Å². The zero-order chi connectivity index (χ0) is 9.52. The first-order valence-corrected chi connectivity index (χ1v) is 4.87. The topological polar surface area (TPSA) is 52.9 Å². The van der Waals surface area contributed by atoms with Gasteiger partial charge in [-0.05, 0) is 11.4 Å². The molecule has 1 rings (SSSR count). The Morgan fingerprint density at radius 3 is 3.15 bits per heavy atom. The van der Waals surface area contributed by atoms with E-state index in [1.807, 2.05) is 23.6 Å². The van der Waals surface area contributed by atoms with Gasteiger partial charge in [0.05, 0.1) is 18.9 Å². The monoisotopic (exact) mass is 194 g/mol. The third kappa shape index (κ3) is 3.72. The van der Waals surface area contributed by atoms with Gasteiger partial charge in [-0.15, -0.1) is 11.3 Å². The number of hydrogen-bond donors (Lipinski definition) is 1. The van der Waals surface area contributed by atoms with Crippen molar-refractivity contribution < 1.29 is 4.79 Å². The summed E-state index contributed by atoms with van der Waals surface area (Å²) in [6.45, 7) is 0.445. The summed E-state index contributed by atoms with van der Waals surface area (Å²) in [7, 11) is 0. The zero-order valence-electron chi connectivity index (χ0n) is 7.12. The van der Waals surface area contributed by atoms with Crippen LogP contribution in [-0.2, 0) is 11.2 Å². The molecule has 1 aromatic heterocycles. The third-order valence-corrected chi connectivity index (χ3v) is 2.35. The molecule has 0 aromatic carbocycles. The maximum absolute atomic E-state index is 11.2. The molecule has 0 atom stereocenters. The van der Waals surface area contributed by atoms with Crippen LogP contribution in [0.15, 0.2) is 17.5 Å². The minimum absolute atomic E-state index is 0.0160. The van der Waals surface area contributed by atoms with Crippen LogP contribution in [0.25, 0.3) is 0 Å². The Labute approximate surface area is 81.0 Å². The van der Waals surface area contributed by atoms with E-state index in [0.717, 1.165) is 4.88 Å².